The van der Waals surface area contributed by atoms with Gasteiger partial charge in [-0.2, -0.15) is 5.26 Å². The highest BCUT2D eigenvalue weighted by molar-refractivity contribution is 6.30. The standard InChI is InChI=1S/C29H23ClFN3O4/c1-37-22-11-5-18(14-23(22)38-2)25-26(27(35)16-3-7-19(30)8-4-16)34-21-10-9-20(31)13-17(21)6-12-24(34)29(25,15-32)28(33)36/h3-14,24-26H,1-2H3,(H2,33,36). The van der Waals surface area contributed by atoms with E-state index in [1.165, 1.54) is 26.4 Å². The minimum atomic E-state index is -1.85. The molecule has 5 rings (SSSR count). The predicted molar refractivity (Wildman–Crippen MR) is 141 cm³/mol. The van der Waals surface area contributed by atoms with Gasteiger partial charge in [0.15, 0.2) is 22.7 Å². The summed E-state index contributed by atoms with van der Waals surface area (Å²) in [5.74, 6) is -1.90. The predicted octanol–water partition coefficient (Wildman–Crippen LogP) is 4.74. The monoisotopic (exact) mass is 531 g/mol. The van der Waals surface area contributed by atoms with Crippen molar-refractivity contribution in [1.29, 1.82) is 5.26 Å². The molecular formula is C29H23ClFN3O4. The van der Waals surface area contributed by atoms with Gasteiger partial charge in [0, 0.05) is 27.8 Å². The van der Waals surface area contributed by atoms with Crippen molar-refractivity contribution in [2.75, 3.05) is 19.1 Å². The van der Waals surface area contributed by atoms with E-state index in [0.29, 0.717) is 38.9 Å². The summed E-state index contributed by atoms with van der Waals surface area (Å²) in [7, 11) is 2.96. The molecule has 0 saturated carbocycles. The zero-order valence-corrected chi connectivity index (χ0v) is 21.3. The number of ketones is 1. The smallest absolute Gasteiger partial charge is 0.241 e. The van der Waals surface area contributed by atoms with Crippen LogP contribution in [0.15, 0.2) is 66.7 Å². The van der Waals surface area contributed by atoms with Gasteiger partial charge in [-0.25, -0.2) is 4.39 Å². The molecule has 2 N–H and O–H groups in total. The van der Waals surface area contributed by atoms with Crippen LogP contribution in [0, 0.1) is 22.6 Å². The van der Waals surface area contributed by atoms with Crippen molar-refractivity contribution in [2.45, 2.75) is 18.0 Å². The number of rotatable bonds is 6. The van der Waals surface area contributed by atoms with Crippen LogP contribution in [0.25, 0.3) is 6.08 Å². The molecule has 3 aromatic carbocycles. The molecule has 4 atom stereocenters. The summed E-state index contributed by atoms with van der Waals surface area (Å²) in [5.41, 5.74) is 5.99. The van der Waals surface area contributed by atoms with E-state index in [-0.39, 0.29) is 5.78 Å². The third-order valence-electron chi connectivity index (χ3n) is 7.35. The number of Topliss-reactive ketones (excluding diaryl/α,β-unsaturated/α-hetero) is 1. The maximum Gasteiger partial charge on any atom is 0.241 e. The second-order valence-electron chi connectivity index (χ2n) is 9.17. The van der Waals surface area contributed by atoms with Gasteiger partial charge in [0.2, 0.25) is 5.91 Å². The fourth-order valence-electron chi connectivity index (χ4n) is 5.66. The molecule has 38 heavy (non-hydrogen) atoms. The first-order chi connectivity index (χ1) is 18.3. The number of ether oxygens (including phenoxy) is 2. The summed E-state index contributed by atoms with van der Waals surface area (Å²) in [6.45, 7) is 0. The molecule has 0 aromatic heterocycles. The Balaban J connectivity index is 1.81. The minimum Gasteiger partial charge on any atom is -0.493 e. The number of nitriles is 1. The van der Waals surface area contributed by atoms with Crippen LogP contribution in [-0.4, -0.2) is 38.0 Å². The van der Waals surface area contributed by atoms with Crippen molar-refractivity contribution in [3.05, 3.63) is 94.3 Å². The Morgan fingerprint density at radius 1 is 1.05 bits per heavy atom. The zero-order chi connectivity index (χ0) is 27.2. The number of nitrogens with zero attached hydrogens (tertiary/aromatic N) is 2. The Kier molecular flexibility index (Phi) is 6.33. The molecule has 0 aliphatic carbocycles. The van der Waals surface area contributed by atoms with Crippen LogP contribution in [0.2, 0.25) is 5.02 Å². The number of amides is 1. The van der Waals surface area contributed by atoms with E-state index >= 15 is 0 Å². The number of carbonyl (C=O) groups excluding carboxylic acids is 2. The summed E-state index contributed by atoms with van der Waals surface area (Å²) < 4.78 is 25.0. The van der Waals surface area contributed by atoms with Crippen molar-refractivity contribution in [3.8, 4) is 17.6 Å². The lowest BCUT2D eigenvalue weighted by atomic mass is 9.67. The fraction of sp³-hybridized carbons (Fsp3) is 0.207. The number of nitrogens with two attached hydrogens (primary N) is 1. The van der Waals surface area contributed by atoms with Gasteiger partial charge in [-0.15, -0.1) is 0 Å². The number of hydrogen-bond acceptors (Lipinski definition) is 6. The highest BCUT2D eigenvalue weighted by atomic mass is 35.5. The van der Waals surface area contributed by atoms with E-state index in [2.05, 4.69) is 6.07 Å². The molecule has 0 radical (unpaired) electrons. The summed E-state index contributed by atoms with van der Waals surface area (Å²) in [4.78, 5) is 29.3. The molecule has 4 unspecified atom stereocenters. The van der Waals surface area contributed by atoms with Gasteiger partial charge in [0.25, 0.3) is 0 Å². The van der Waals surface area contributed by atoms with Gasteiger partial charge in [-0.1, -0.05) is 29.8 Å². The molecule has 1 fully saturated rings. The maximum absolute atomic E-state index is 14.3. The highest BCUT2D eigenvalue weighted by Gasteiger charge is 2.66. The summed E-state index contributed by atoms with van der Waals surface area (Å²) in [6, 6.07) is 15.8. The number of hydrogen-bond donors (Lipinski definition) is 1. The first-order valence-corrected chi connectivity index (χ1v) is 12.1. The van der Waals surface area contributed by atoms with E-state index in [4.69, 9.17) is 26.8 Å². The van der Waals surface area contributed by atoms with Gasteiger partial charge in [-0.05, 0) is 60.2 Å². The molecular weight excluding hydrogens is 509 g/mol. The van der Waals surface area contributed by atoms with Crippen LogP contribution in [0.1, 0.15) is 27.4 Å². The lowest BCUT2D eigenvalue weighted by Crippen LogP contribution is -2.49. The molecule has 2 aliphatic heterocycles. The van der Waals surface area contributed by atoms with Crippen LogP contribution in [0.4, 0.5) is 10.1 Å². The van der Waals surface area contributed by atoms with Gasteiger partial charge in [-0.3, -0.25) is 9.59 Å². The Hall–Kier alpha value is -4.35. The lowest BCUT2D eigenvalue weighted by Gasteiger charge is -2.36. The van der Waals surface area contributed by atoms with Crippen molar-refractivity contribution in [2.24, 2.45) is 11.1 Å². The van der Waals surface area contributed by atoms with Crippen molar-refractivity contribution in [3.63, 3.8) is 0 Å². The molecule has 1 amide bonds. The Bertz CT molecular complexity index is 1520. The van der Waals surface area contributed by atoms with Crippen LogP contribution < -0.4 is 20.1 Å². The number of fused-ring (bicyclic) bond motifs is 3. The molecule has 7 nitrogen and oxygen atoms in total. The quantitative estimate of drug-likeness (QED) is 0.460. The Labute approximate surface area is 223 Å². The van der Waals surface area contributed by atoms with E-state index in [9.17, 15) is 19.2 Å². The van der Waals surface area contributed by atoms with Crippen LogP contribution in [0.5, 0.6) is 11.5 Å². The van der Waals surface area contributed by atoms with Crippen molar-refractivity contribution in [1.82, 2.24) is 0 Å². The van der Waals surface area contributed by atoms with E-state index in [1.54, 1.807) is 65.6 Å². The number of anilines is 1. The van der Waals surface area contributed by atoms with Gasteiger partial charge in [0.1, 0.15) is 11.9 Å². The summed E-state index contributed by atoms with van der Waals surface area (Å²) in [6.07, 6.45) is 3.29. The lowest BCUT2D eigenvalue weighted by molar-refractivity contribution is -0.125. The second kappa shape index (κ2) is 9.51. The van der Waals surface area contributed by atoms with Crippen LogP contribution in [0.3, 0.4) is 0 Å². The number of methoxy groups -OCH3 is 2. The largest absolute Gasteiger partial charge is 0.493 e. The third kappa shape index (κ3) is 3.70. The van der Waals surface area contributed by atoms with E-state index in [1.807, 2.05) is 0 Å². The van der Waals surface area contributed by atoms with Gasteiger partial charge >= 0.3 is 0 Å². The van der Waals surface area contributed by atoms with E-state index < -0.39 is 35.1 Å². The Morgan fingerprint density at radius 2 is 1.76 bits per heavy atom. The second-order valence-corrected chi connectivity index (χ2v) is 9.60. The first kappa shape index (κ1) is 25.3. The van der Waals surface area contributed by atoms with Crippen LogP contribution >= 0.6 is 11.6 Å². The molecule has 9 heteroatoms. The van der Waals surface area contributed by atoms with E-state index in [0.717, 1.165) is 0 Å². The maximum atomic E-state index is 14.3. The SMILES string of the molecule is COc1ccc(C2C(C(=O)c3ccc(Cl)cc3)N3c4ccc(F)cc4C=CC3C2(C#N)C(N)=O)cc1OC. The molecule has 0 bridgehead atoms. The first-order valence-electron chi connectivity index (χ1n) is 11.8. The Morgan fingerprint density at radius 3 is 2.39 bits per heavy atom. The number of primary amides is 1. The molecule has 0 spiro atoms. The molecule has 3 aromatic rings. The molecule has 192 valence electrons. The topological polar surface area (TPSA) is 106 Å². The number of carbonyl (C=O) groups is 2. The normalized spacial score (nSPS) is 23.2. The summed E-state index contributed by atoms with van der Waals surface area (Å²) in [5, 5.41) is 11.1. The number of halogens is 2. The molecule has 2 aliphatic rings. The molecule has 1 saturated heterocycles. The van der Waals surface area contributed by atoms with Crippen molar-refractivity contribution >= 4 is 35.1 Å². The minimum absolute atomic E-state index is 0.333. The highest BCUT2D eigenvalue weighted by Crippen LogP contribution is 2.56. The third-order valence-corrected chi connectivity index (χ3v) is 7.61. The summed E-state index contributed by atoms with van der Waals surface area (Å²) >= 11 is 6.07. The number of benzene rings is 3. The van der Waals surface area contributed by atoms with Crippen molar-refractivity contribution < 1.29 is 23.5 Å². The average Bonchev–Trinajstić information content (AvgIpc) is 3.24. The fourth-order valence-corrected chi connectivity index (χ4v) is 5.79. The van der Waals surface area contributed by atoms with Gasteiger partial charge < -0.3 is 20.1 Å². The average molecular weight is 532 g/mol. The van der Waals surface area contributed by atoms with Gasteiger partial charge in [0.05, 0.1) is 26.3 Å². The van der Waals surface area contributed by atoms with Crippen LogP contribution in [-0.2, 0) is 4.79 Å². The zero-order valence-electron chi connectivity index (χ0n) is 20.5. The molecule has 2 heterocycles.